The highest BCUT2D eigenvalue weighted by Crippen LogP contribution is 2.15. The number of hydrogen-bond acceptors (Lipinski definition) is 3. The number of aliphatic imine (C=N–C) groups is 1. The van der Waals surface area contributed by atoms with Crippen molar-refractivity contribution in [1.82, 2.24) is 25.3 Å². The second-order valence-electron chi connectivity index (χ2n) is 7.99. The molecule has 7 heteroatoms. The first-order valence-corrected chi connectivity index (χ1v) is 11.1. The maximum absolute atomic E-state index is 11.9. The molecule has 0 aliphatic carbocycles. The van der Waals surface area contributed by atoms with E-state index in [9.17, 15) is 4.79 Å². The van der Waals surface area contributed by atoms with Gasteiger partial charge >= 0.3 is 0 Å². The van der Waals surface area contributed by atoms with E-state index in [-0.39, 0.29) is 5.91 Å². The lowest BCUT2D eigenvalue weighted by atomic mass is 10.1. The van der Waals surface area contributed by atoms with Crippen LogP contribution in [0.4, 0.5) is 0 Å². The second kappa shape index (κ2) is 10.6. The van der Waals surface area contributed by atoms with Crippen LogP contribution in [0.25, 0.3) is 0 Å². The zero-order chi connectivity index (χ0) is 22.2. The number of amides is 1. The Morgan fingerprint density at radius 2 is 1.81 bits per heavy atom. The summed E-state index contributed by atoms with van der Waals surface area (Å²) < 4.78 is 1.93. The molecule has 0 unspecified atom stereocenters. The van der Waals surface area contributed by atoms with Crippen LogP contribution in [0.2, 0.25) is 0 Å². The van der Waals surface area contributed by atoms with Gasteiger partial charge in [0, 0.05) is 52.0 Å². The number of nitrogens with one attached hydrogen (secondary N) is 2. The zero-order valence-corrected chi connectivity index (χ0v) is 18.5. The lowest BCUT2D eigenvalue weighted by Crippen LogP contribution is -2.36. The Labute approximate surface area is 189 Å². The molecule has 1 fully saturated rings. The molecular formula is C25H30N6O. The van der Waals surface area contributed by atoms with Crippen LogP contribution >= 0.6 is 0 Å². The van der Waals surface area contributed by atoms with Crippen LogP contribution in [0.15, 0.2) is 72.0 Å². The molecule has 1 aliphatic rings. The van der Waals surface area contributed by atoms with Crippen LogP contribution in [0.1, 0.15) is 35.1 Å². The van der Waals surface area contributed by atoms with Crippen LogP contribution in [0, 0.1) is 0 Å². The van der Waals surface area contributed by atoms with E-state index in [1.807, 2.05) is 21.8 Å². The van der Waals surface area contributed by atoms with Crippen LogP contribution < -0.4 is 10.6 Å². The predicted octanol–water partition coefficient (Wildman–Crippen LogP) is 2.92. The highest BCUT2D eigenvalue weighted by molar-refractivity contribution is 5.79. The summed E-state index contributed by atoms with van der Waals surface area (Å²) >= 11 is 0. The Kier molecular flexibility index (Phi) is 7.17. The minimum atomic E-state index is 0.256. The number of likely N-dealkylation sites (tertiary alicyclic amines) is 1. The fourth-order valence-electron chi connectivity index (χ4n) is 3.97. The maximum atomic E-state index is 11.9. The third kappa shape index (κ3) is 5.75. The molecule has 0 bridgehead atoms. The molecule has 0 radical (unpaired) electrons. The van der Waals surface area contributed by atoms with Gasteiger partial charge < -0.3 is 15.5 Å². The number of guanidine groups is 1. The van der Waals surface area contributed by atoms with Crippen molar-refractivity contribution in [1.29, 1.82) is 0 Å². The number of benzene rings is 2. The molecule has 166 valence electrons. The Morgan fingerprint density at radius 1 is 1.00 bits per heavy atom. The first-order valence-electron chi connectivity index (χ1n) is 11.1. The second-order valence-corrected chi connectivity index (χ2v) is 7.99. The molecule has 0 saturated carbocycles. The minimum Gasteiger partial charge on any atom is -0.352 e. The SMILES string of the molecule is CN=C(NCc1cccc(CN2CCCC2=O)c1)NCc1ccccc1Cn1cccn1. The fraction of sp³-hybridized carbons (Fsp3) is 0.320. The Hall–Kier alpha value is -3.61. The van der Waals surface area contributed by atoms with E-state index in [0.29, 0.717) is 26.1 Å². The molecule has 0 spiro atoms. The van der Waals surface area contributed by atoms with E-state index >= 15 is 0 Å². The Morgan fingerprint density at radius 3 is 2.56 bits per heavy atom. The van der Waals surface area contributed by atoms with Crippen LogP contribution in [-0.4, -0.2) is 40.1 Å². The normalized spacial score (nSPS) is 14.1. The van der Waals surface area contributed by atoms with Crippen molar-refractivity contribution in [2.45, 2.75) is 39.0 Å². The molecule has 4 rings (SSSR count). The highest BCUT2D eigenvalue weighted by atomic mass is 16.2. The predicted molar refractivity (Wildman–Crippen MR) is 126 cm³/mol. The quantitative estimate of drug-likeness (QED) is 0.426. The lowest BCUT2D eigenvalue weighted by Gasteiger charge is -2.17. The molecule has 2 heterocycles. The van der Waals surface area contributed by atoms with E-state index < -0.39 is 0 Å². The molecule has 3 aromatic rings. The van der Waals surface area contributed by atoms with E-state index in [4.69, 9.17) is 0 Å². The molecule has 2 aromatic carbocycles. The summed E-state index contributed by atoms with van der Waals surface area (Å²) in [6.07, 6.45) is 5.41. The number of carbonyl (C=O) groups is 1. The first-order chi connectivity index (χ1) is 15.7. The summed E-state index contributed by atoms with van der Waals surface area (Å²) in [6, 6.07) is 18.7. The number of carbonyl (C=O) groups excluding carboxylic acids is 1. The van der Waals surface area contributed by atoms with Gasteiger partial charge in [0.1, 0.15) is 0 Å². The topological polar surface area (TPSA) is 74.6 Å². The van der Waals surface area contributed by atoms with Crippen molar-refractivity contribution < 1.29 is 4.79 Å². The average Bonchev–Trinajstić information content (AvgIpc) is 3.47. The smallest absolute Gasteiger partial charge is 0.222 e. The van der Waals surface area contributed by atoms with Gasteiger partial charge in [-0.15, -0.1) is 0 Å². The summed E-state index contributed by atoms with van der Waals surface area (Å²) in [4.78, 5) is 18.2. The van der Waals surface area contributed by atoms with Gasteiger partial charge in [0.2, 0.25) is 5.91 Å². The van der Waals surface area contributed by atoms with Gasteiger partial charge in [-0.25, -0.2) is 0 Å². The molecule has 1 amide bonds. The van der Waals surface area contributed by atoms with Gasteiger partial charge in [-0.1, -0.05) is 48.5 Å². The summed E-state index contributed by atoms with van der Waals surface area (Å²) in [6.45, 7) is 3.63. The zero-order valence-electron chi connectivity index (χ0n) is 18.5. The third-order valence-corrected chi connectivity index (χ3v) is 5.68. The molecule has 2 N–H and O–H groups in total. The number of nitrogens with zero attached hydrogens (tertiary/aromatic N) is 4. The fourth-order valence-corrected chi connectivity index (χ4v) is 3.97. The van der Waals surface area contributed by atoms with Gasteiger partial charge in [-0.3, -0.25) is 14.5 Å². The van der Waals surface area contributed by atoms with Gasteiger partial charge in [-0.05, 0) is 34.7 Å². The van der Waals surface area contributed by atoms with Crippen molar-refractivity contribution in [2.24, 2.45) is 4.99 Å². The monoisotopic (exact) mass is 430 g/mol. The standard InChI is InChI=1S/C25H30N6O/c1-26-25(28-17-22-9-2-3-10-23(22)19-31-14-6-12-29-31)27-16-20-7-4-8-21(15-20)18-30-13-5-11-24(30)32/h2-4,6-10,12,14-15H,5,11,13,16-19H2,1H3,(H2,26,27,28). The van der Waals surface area contributed by atoms with Gasteiger partial charge in [0.05, 0.1) is 6.54 Å². The van der Waals surface area contributed by atoms with E-state index in [0.717, 1.165) is 36.6 Å². The molecule has 1 aromatic heterocycles. The molecule has 32 heavy (non-hydrogen) atoms. The molecule has 7 nitrogen and oxygen atoms in total. The van der Waals surface area contributed by atoms with Gasteiger partial charge in [0.25, 0.3) is 0 Å². The van der Waals surface area contributed by atoms with Crippen molar-refractivity contribution >= 4 is 11.9 Å². The van der Waals surface area contributed by atoms with Crippen molar-refractivity contribution in [2.75, 3.05) is 13.6 Å². The van der Waals surface area contributed by atoms with Crippen molar-refractivity contribution in [3.63, 3.8) is 0 Å². The van der Waals surface area contributed by atoms with E-state index in [2.05, 4.69) is 69.3 Å². The van der Waals surface area contributed by atoms with Crippen molar-refractivity contribution in [3.05, 3.63) is 89.2 Å². The summed E-state index contributed by atoms with van der Waals surface area (Å²) in [5.41, 5.74) is 4.76. The number of rotatable bonds is 8. The lowest BCUT2D eigenvalue weighted by molar-refractivity contribution is -0.128. The summed E-state index contributed by atoms with van der Waals surface area (Å²) in [5, 5.41) is 11.1. The van der Waals surface area contributed by atoms with E-state index in [1.165, 1.54) is 11.1 Å². The highest BCUT2D eigenvalue weighted by Gasteiger charge is 2.19. The third-order valence-electron chi connectivity index (χ3n) is 5.68. The molecule has 1 aliphatic heterocycles. The molecule has 1 saturated heterocycles. The van der Waals surface area contributed by atoms with Crippen LogP contribution in [0.5, 0.6) is 0 Å². The van der Waals surface area contributed by atoms with Crippen LogP contribution in [0.3, 0.4) is 0 Å². The van der Waals surface area contributed by atoms with Gasteiger partial charge in [0.15, 0.2) is 5.96 Å². The van der Waals surface area contributed by atoms with Crippen molar-refractivity contribution in [3.8, 4) is 0 Å². The maximum Gasteiger partial charge on any atom is 0.222 e. The average molecular weight is 431 g/mol. The summed E-state index contributed by atoms with van der Waals surface area (Å²) in [5.74, 6) is 1.00. The van der Waals surface area contributed by atoms with Crippen LogP contribution in [-0.2, 0) is 31.0 Å². The molecule has 0 atom stereocenters. The minimum absolute atomic E-state index is 0.256. The molecular weight excluding hydrogens is 400 g/mol. The Balaban J connectivity index is 1.31. The summed E-state index contributed by atoms with van der Waals surface area (Å²) in [7, 11) is 1.78. The first kappa shape index (κ1) is 21.6. The number of hydrogen-bond donors (Lipinski definition) is 2. The van der Waals surface area contributed by atoms with Gasteiger partial charge in [-0.2, -0.15) is 5.10 Å². The Bertz CT molecular complexity index is 1060. The van der Waals surface area contributed by atoms with E-state index in [1.54, 1.807) is 13.2 Å². The largest absolute Gasteiger partial charge is 0.352 e. The number of aromatic nitrogens is 2.